The van der Waals surface area contributed by atoms with Gasteiger partial charge in [0.15, 0.2) is 0 Å². The fourth-order valence-corrected chi connectivity index (χ4v) is 3.62. The van der Waals surface area contributed by atoms with Crippen molar-refractivity contribution in [1.29, 1.82) is 0 Å². The zero-order valence-electron chi connectivity index (χ0n) is 16.4. The fourth-order valence-electron chi connectivity index (χ4n) is 3.62. The van der Waals surface area contributed by atoms with E-state index in [0.717, 1.165) is 6.42 Å². The zero-order chi connectivity index (χ0) is 20.4. The van der Waals surface area contributed by atoms with E-state index in [0.29, 0.717) is 42.9 Å². The number of benzene rings is 1. The molecule has 1 N–H and O–H groups in total. The number of hydrogen-bond donors (Lipinski definition) is 1. The molecule has 0 saturated carbocycles. The van der Waals surface area contributed by atoms with E-state index in [-0.39, 0.29) is 35.8 Å². The first-order valence-electron chi connectivity index (χ1n) is 9.58. The Morgan fingerprint density at radius 3 is 2.61 bits per heavy atom. The van der Waals surface area contributed by atoms with Crippen LogP contribution in [0.5, 0.6) is 0 Å². The summed E-state index contributed by atoms with van der Waals surface area (Å²) in [5.74, 6) is -1.28. The van der Waals surface area contributed by atoms with Gasteiger partial charge in [-0.15, -0.1) is 0 Å². The maximum absolute atomic E-state index is 12.6. The topological polar surface area (TPSA) is 96.0 Å². The Bertz CT molecular complexity index is 820. The van der Waals surface area contributed by atoms with Crippen molar-refractivity contribution in [3.8, 4) is 0 Å². The lowest BCUT2D eigenvalue weighted by atomic mass is 9.98. The molecule has 0 spiro atoms. The minimum Gasteiger partial charge on any atom is -0.466 e. The second-order valence-corrected chi connectivity index (χ2v) is 7.30. The molecular formula is C20H25N3O5. The largest absolute Gasteiger partial charge is 0.466 e. The molecule has 8 nitrogen and oxygen atoms in total. The molecule has 2 aliphatic rings. The van der Waals surface area contributed by atoms with Crippen LogP contribution in [0.4, 0.5) is 10.5 Å². The molecule has 0 bridgehead atoms. The van der Waals surface area contributed by atoms with Crippen LogP contribution in [0.25, 0.3) is 0 Å². The van der Waals surface area contributed by atoms with E-state index >= 15 is 0 Å². The van der Waals surface area contributed by atoms with Gasteiger partial charge >= 0.3 is 12.0 Å². The van der Waals surface area contributed by atoms with Crippen LogP contribution < -0.4 is 5.32 Å². The summed E-state index contributed by atoms with van der Waals surface area (Å²) in [7, 11) is 0. The van der Waals surface area contributed by atoms with Crippen LogP contribution in [0.3, 0.4) is 0 Å². The number of amides is 4. The van der Waals surface area contributed by atoms with Crippen LogP contribution in [-0.2, 0) is 9.53 Å². The van der Waals surface area contributed by atoms with Gasteiger partial charge < -0.3 is 15.0 Å². The van der Waals surface area contributed by atoms with E-state index in [4.69, 9.17) is 4.74 Å². The molecule has 150 valence electrons. The second-order valence-electron chi connectivity index (χ2n) is 7.30. The molecule has 3 rings (SSSR count). The molecule has 1 aromatic rings. The molecule has 1 aromatic carbocycles. The van der Waals surface area contributed by atoms with Gasteiger partial charge in [-0.25, -0.2) is 4.79 Å². The van der Waals surface area contributed by atoms with E-state index in [9.17, 15) is 19.2 Å². The van der Waals surface area contributed by atoms with Gasteiger partial charge in [-0.2, -0.15) is 0 Å². The predicted octanol–water partition coefficient (Wildman–Crippen LogP) is 2.50. The molecule has 2 aliphatic heterocycles. The van der Waals surface area contributed by atoms with Gasteiger partial charge in [0.05, 0.1) is 23.7 Å². The van der Waals surface area contributed by atoms with E-state index in [1.807, 2.05) is 0 Å². The number of likely N-dealkylation sites (tertiary alicyclic amines) is 1. The van der Waals surface area contributed by atoms with Crippen molar-refractivity contribution in [3.05, 3.63) is 29.3 Å². The van der Waals surface area contributed by atoms with Gasteiger partial charge in [0.25, 0.3) is 11.8 Å². The van der Waals surface area contributed by atoms with Crippen LogP contribution >= 0.6 is 0 Å². The second kappa shape index (κ2) is 8.00. The van der Waals surface area contributed by atoms with Crippen molar-refractivity contribution >= 4 is 29.5 Å². The number of nitrogens with zero attached hydrogens (tertiary/aromatic N) is 2. The van der Waals surface area contributed by atoms with Gasteiger partial charge in [-0.05, 0) is 51.8 Å². The molecule has 2 heterocycles. The molecule has 1 unspecified atom stereocenters. The minimum absolute atomic E-state index is 0.237. The van der Waals surface area contributed by atoms with Crippen molar-refractivity contribution in [1.82, 2.24) is 9.80 Å². The highest BCUT2D eigenvalue weighted by Gasteiger charge is 2.37. The Kier molecular flexibility index (Phi) is 5.67. The standard InChI is InChI=1S/C20H25N3O5/c1-4-28-19(26)13-6-5-9-22(11-13)20(27)21-14-7-8-15-16(10-14)18(25)23(12(2)3)17(15)24/h7-8,10,12-13H,4-6,9,11H2,1-3H3,(H,21,27). The maximum Gasteiger partial charge on any atom is 0.321 e. The van der Waals surface area contributed by atoms with Crippen molar-refractivity contribution < 1.29 is 23.9 Å². The first-order valence-corrected chi connectivity index (χ1v) is 9.58. The summed E-state index contributed by atoms with van der Waals surface area (Å²) >= 11 is 0. The van der Waals surface area contributed by atoms with E-state index in [1.54, 1.807) is 37.8 Å². The quantitative estimate of drug-likeness (QED) is 0.633. The van der Waals surface area contributed by atoms with Crippen LogP contribution in [0.1, 0.15) is 54.3 Å². The van der Waals surface area contributed by atoms with E-state index in [1.165, 1.54) is 11.0 Å². The number of nitrogens with one attached hydrogen (secondary N) is 1. The normalized spacial score (nSPS) is 19.1. The summed E-state index contributed by atoms with van der Waals surface area (Å²) in [6, 6.07) is 4.12. The summed E-state index contributed by atoms with van der Waals surface area (Å²) in [5, 5.41) is 2.77. The van der Waals surface area contributed by atoms with Crippen LogP contribution in [0.15, 0.2) is 18.2 Å². The fraction of sp³-hybridized carbons (Fsp3) is 0.500. The van der Waals surface area contributed by atoms with E-state index in [2.05, 4.69) is 5.32 Å². The Morgan fingerprint density at radius 2 is 1.93 bits per heavy atom. The van der Waals surface area contributed by atoms with Crippen LogP contribution in [0, 0.1) is 5.92 Å². The van der Waals surface area contributed by atoms with Crippen molar-refractivity contribution in [2.24, 2.45) is 5.92 Å². The number of esters is 1. The number of rotatable bonds is 4. The summed E-state index contributed by atoms with van der Waals surface area (Å²) < 4.78 is 5.06. The highest BCUT2D eigenvalue weighted by molar-refractivity contribution is 6.22. The van der Waals surface area contributed by atoms with Crippen molar-refractivity contribution in [2.75, 3.05) is 25.0 Å². The molecule has 0 aromatic heterocycles. The third-order valence-corrected chi connectivity index (χ3v) is 5.01. The molecule has 8 heteroatoms. The number of carbonyl (C=O) groups excluding carboxylic acids is 4. The first kappa shape index (κ1) is 19.9. The zero-order valence-corrected chi connectivity index (χ0v) is 16.4. The molecule has 4 amide bonds. The third kappa shape index (κ3) is 3.72. The number of fused-ring (bicyclic) bond motifs is 1. The van der Waals surface area contributed by atoms with E-state index < -0.39 is 0 Å². The number of piperidine rings is 1. The number of anilines is 1. The average molecular weight is 387 g/mol. The lowest BCUT2D eigenvalue weighted by Crippen LogP contribution is -2.44. The van der Waals surface area contributed by atoms with Gasteiger partial charge in [0, 0.05) is 24.8 Å². The van der Waals surface area contributed by atoms with Gasteiger partial charge in [0.1, 0.15) is 0 Å². The number of carbonyl (C=O) groups is 4. The van der Waals surface area contributed by atoms with Gasteiger partial charge in [0.2, 0.25) is 0 Å². The summed E-state index contributed by atoms with van der Waals surface area (Å²) in [6.45, 7) is 6.48. The van der Waals surface area contributed by atoms with Crippen LogP contribution in [-0.4, -0.2) is 59.4 Å². The molecule has 1 fully saturated rings. The smallest absolute Gasteiger partial charge is 0.321 e. The number of imide groups is 1. The minimum atomic E-state index is -0.355. The molecule has 1 saturated heterocycles. The summed E-state index contributed by atoms with van der Waals surface area (Å²) in [5.41, 5.74) is 1.07. The lowest BCUT2D eigenvalue weighted by molar-refractivity contribution is -0.149. The third-order valence-electron chi connectivity index (χ3n) is 5.01. The number of urea groups is 1. The molecular weight excluding hydrogens is 362 g/mol. The Labute approximate surface area is 163 Å². The summed E-state index contributed by atoms with van der Waals surface area (Å²) in [4.78, 5) is 52.2. The predicted molar refractivity (Wildman–Crippen MR) is 102 cm³/mol. The Balaban J connectivity index is 1.70. The highest BCUT2D eigenvalue weighted by Crippen LogP contribution is 2.28. The number of ether oxygens (including phenoxy) is 1. The molecule has 1 atom stereocenters. The monoisotopic (exact) mass is 387 g/mol. The Morgan fingerprint density at radius 1 is 1.21 bits per heavy atom. The van der Waals surface area contributed by atoms with Gasteiger partial charge in [-0.3, -0.25) is 19.3 Å². The van der Waals surface area contributed by atoms with Crippen LogP contribution in [0.2, 0.25) is 0 Å². The summed E-state index contributed by atoms with van der Waals surface area (Å²) in [6.07, 6.45) is 1.42. The SMILES string of the molecule is CCOC(=O)C1CCCN(C(=O)Nc2ccc3c(c2)C(=O)N(C(C)C)C3=O)C1. The number of hydrogen-bond acceptors (Lipinski definition) is 5. The van der Waals surface area contributed by atoms with Gasteiger partial charge in [-0.1, -0.05) is 0 Å². The van der Waals surface area contributed by atoms with Crippen molar-refractivity contribution in [3.63, 3.8) is 0 Å². The average Bonchev–Trinajstić information content (AvgIpc) is 2.92. The molecule has 0 radical (unpaired) electrons. The maximum atomic E-state index is 12.6. The highest BCUT2D eigenvalue weighted by atomic mass is 16.5. The molecule has 0 aliphatic carbocycles. The Hall–Kier alpha value is -2.90. The lowest BCUT2D eigenvalue weighted by Gasteiger charge is -2.31. The first-order chi connectivity index (χ1) is 13.3. The molecule has 28 heavy (non-hydrogen) atoms. The van der Waals surface area contributed by atoms with Crippen molar-refractivity contribution in [2.45, 2.75) is 39.7 Å².